The molecule has 1 aliphatic heterocycles. The predicted octanol–water partition coefficient (Wildman–Crippen LogP) is 3.19. The molecule has 2 aromatic heterocycles. The van der Waals surface area contributed by atoms with Crippen LogP contribution in [-0.4, -0.2) is 52.7 Å². The van der Waals surface area contributed by atoms with E-state index in [1.54, 1.807) is 4.52 Å². The van der Waals surface area contributed by atoms with Gasteiger partial charge >= 0.3 is 0 Å². The monoisotopic (exact) mass is 378 g/mol. The molecule has 1 atom stereocenters. The van der Waals surface area contributed by atoms with Gasteiger partial charge in [0.25, 0.3) is 0 Å². The molecule has 0 unspecified atom stereocenters. The molecule has 0 aliphatic carbocycles. The number of hydrogen-bond donors (Lipinski definition) is 0. The summed E-state index contributed by atoms with van der Waals surface area (Å²) in [6.07, 6.45) is 1.03. The van der Waals surface area contributed by atoms with Crippen LogP contribution >= 0.6 is 0 Å². The van der Waals surface area contributed by atoms with Crippen LogP contribution in [-0.2, 0) is 6.67 Å². The van der Waals surface area contributed by atoms with Gasteiger partial charge in [-0.2, -0.15) is 9.78 Å². The molecule has 0 bridgehead atoms. The number of nitriles is 1. The first-order chi connectivity index (χ1) is 13.5. The van der Waals surface area contributed by atoms with Gasteiger partial charge in [0.15, 0.2) is 18.1 Å². The number of halogens is 1. The summed E-state index contributed by atoms with van der Waals surface area (Å²) >= 11 is 0. The number of nitrogens with zero attached hydrogens (tertiary/aromatic N) is 6. The van der Waals surface area contributed by atoms with Gasteiger partial charge in [0.1, 0.15) is 17.5 Å². The third-order valence-corrected chi connectivity index (χ3v) is 5.54. The Morgan fingerprint density at radius 3 is 2.64 bits per heavy atom. The number of aromatic nitrogens is 3. The minimum atomic E-state index is -0.758. The van der Waals surface area contributed by atoms with Gasteiger partial charge in [-0.15, -0.1) is 5.10 Å². The van der Waals surface area contributed by atoms with E-state index in [-0.39, 0.29) is 5.82 Å². The van der Waals surface area contributed by atoms with Crippen LogP contribution in [0.3, 0.4) is 0 Å². The SMILES string of the molecule is Cc1c(-c2ccccc2)c(N2CC[C@H](N(C)C)C2)n2nc(CF)nc2c1C#N. The lowest BCUT2D eigenvalue weighted by Crippen LogP contribution is -2.32. The van der Waals surface area contributed by atoms with E-state index >= 15 is 0 Å². The Hall–Kier alpha value is -2.98. The first kappa shape index (κ1) is 18.4. The molecule has 7 heteroatoms. The fourth-order valence-electron chi connectivity index (χ4n) is 4.02. The summed E-state index contributed by atoms with van der Waals surface area (Å²) in [5.41, 5.74) is 3.69. The van der Waals surface area contributed by atoms with Crippen LogP contribution in [0, 0.1) is 18.3 Å². The van der Waals surface area contributed by atoms with E-state index in [1.807, 2.05) is 37.3 Å². The van der Waals surface area contributed by atoms with E-state index in [0.29, 0.717) is 17.3 Å². The smallest absolute Gasteiger partial charge is 0.182 e. The quantitative estimate of drug-likeness (QED) is 0.698. The minimum absolute atomic E-state index is 0.103. The van der Waals surface area contributed by atoms with Crippen molar-refractivity contribution in [2.45, 2.75) is 26.1 Å². The summed E-state index contributed by atoms with van der Waals surface area (Å²) in [4.78, 5) is 8.81. The lowest BCUT2D eigenvalue weighted by Gasteiger charge is -2.26. The Morgan fingerprint density at radius 2 is 2.04 bits per heavy atom. The lowest BCUT2D eigenvalue weighted by atomic mass is 9.97. The van der Waals surface area contributed by atoms with Gasteiger partial charge in [-0.3, -0.25) is 0 Å². The number of pyridine rings is 1. The van der Waals surface area contributed by atoms with Crippen LogP contribution in [0.2, 0.25) is 0 Å². The highest BCUT2D eigenvalue weighted by Crippen LogP contribution is 2.38. The fraction of sp³-hybridized carbons (Fsp3) is 0.381. The number of fused-ring (bicyclic) bond motifs is 1. The Kier molecular flexibility index (Phi) is 4.73. The van der Waals surface area contributed by atoms with E-state index < -0.39 is 6.67 Å². The Morgan fingerprint density at radius 1 is 1.29 bits per heavy atom. The molecule has 0 radical (unpaired) electrons. The van der Waals surface area contributed by atoms with Gasteiger partial charge < -0.3 is 9.80 Å². The summed E-state index contributed by atoms with van der Waals surface area (Å²) in [7, 11) is 4.17. The molecule has 0 N–H and O–H groups in total. The number of rotatable bonds is 4. The highest BCUT2D eigenvalue weighted by molar-refractivity contribution is 5.85. The number of hydrogen-bond acceptors (Lipinski definition) is 5. The zero-order valence-corrected chi connectivity index (χ0v) is 16.4. The molecule has 0 spiro atoms. The predicted molar refractivity (Wildman–Crippen MR) is 107 cm³/mol. The summed E-state index contributed by atoms with van der Waals surface area (Å²) < 4.78 is 15.0. The van der Waals surface area contributed by atoms with E-state index in [0.717, 1.165) is 42.0 Å². The van der Waals surface area contributed by atoms with Gasteiger partial charge in [-0.25, -0.2) is 9.37 Å². The highest BCUT2D eigenvalue weighted by Gasteiger charge is 2.30. The fourth-order valence-corrected chi connectivity index (χ4v) is 4.02. The molecule has 3 heterocycles. The van der Waals surface area contributed by atoms with E-state index in [9.17, 15) is 9.65 Å². The van der Waals surface area contributed by atoms with Crippen molar-refractivity contribution in [2.75, 3.05) is 32.1 Å². The highest BCUT2D eigenvalue weighted by atomic mass is 19.1. The van der Waals surface area contributed by atoms with Crippen molar-refractivity contribution in [3.05, 3.63) is 47.3 Å². The van der Waals surface area contributed by atoms with Crippen LogP contribution < -0.4 is 4.90 Å². The molecule has 6 nitrogen and oxygen atoms in total. The maximum Gasteiger partial charge on any atom is 0.182 e. The number of benzene rings is 1. The van der Waals surface area contributed by atoms with Gasteiger partial charge in [-0.05, 0) is 38.6 Å². The normalized spacial score (nSPS) is 16.9. The summed E-state index contributed by atoms with van der Waals surface area (Å²) in [5, 5.41) is 14.2. The molecule has 1 aromatic carbocycles. The Labute approximate surface area is 163 Å². The van der Waals surface area contributed by atoms with Gasteiger partial charge in [-0.1, -0.05) is 30.3 Å². The van der Waals surface area contributed by atoms with Crippen LogP contribution in [0.1, 0.15) is 23.4 Å². The largest absolute Gasteiger partial charge is 0.354 e. The molecule has 144 valence electrons. The molecule has 1 fully saturated rings. The standard InChI is InChI=1S/C21H23FN6/c1-14-17(12-23)20-24-18(11-22)25-28(20)21(19(14)15-7-5-4-6-8-15)27-10-9-16(13-27)26(2)3/h4-8,16H,9-11,13H2,1-3H3/t16-/m0/s1. The second-order valence-corrected chi connectivity index (χ2v) is 7.43. The first-order valence-corrected chi connectivity index (χ1v) is 9.40. The van der Waals surface area contributed by atoms with Crippen LogP contribution in [0.4, 0.5) is 10.2 Å². The maximum atomic E-state index is 13.4. The molecule has 0 saturated carbocycles. The van der Waals surface area contributed by atoms with Crippen molar-refractivity contribution in [1.29, 1.82) is 5.26 Å². The molecular weight excluding hydrogens is 355 g/mol. The maximum absolute atomic E-state index is 13.4. The average molecular weight is 378 g/mol. The second kappa shape index (κ2) is 7.21. The number of likely N-dealkylation sites (N-methyl/N-ethyl adjacent to an activating group) is 1. The molecule has 4 rings (SSSR count). The third kappa shape index (κ3) is 2.90. The Balaban J connectivity index is 2.03. The van der Waals surface area contributed by atoms with Crippen molar-refractivity contribution < 1.29 is 4.39 Å². The Bertz CT molecular complexity index is 1050. The van der Waals surface area contributed by atoms with Gasteiger partial charge in [0.05, 0.1) is 0 Å². The van der Waals surface area contributed by atoms with Crippen LogP contribution in [0.25, 0.3) is 16.8 Å². The topological polar surface area (TPSA) is 60.5 Å². The first-order valence-electron chi connectivity index (χ1n) is 9.40. The molecule has 28 heavy (non-hydrogen) atoms. The van der Waals surface area contributed by atoms with Crippen molar-refractivity contribution in [3.8, 4) is 17.2 Å². The van der Waals surface area contributed by atoms with Crippen molar-refractivity contribution in [3.63, 3.8) is 0 Å². The summed E-state index contributed by atoms with van der Waals surface area (Å²) in [6.45, 7) is 2.89. The summed E-state index contributed by atoms with van der Waals surface area (Å²) in [5.74, 6) is 0.986. The van der Waals surface area contributed by atoms with Crippen LogP contribution in [0.5, 0.6) is 0 Å². The van der Waals surface area contributed by atoms with Crippen molar-refractivity contribution in [2.24, 2.45) is 0 Å². The molecule has 0 amide bonds. The molecule has 1 saturated heterocycles. The van der Waals surface area contributed by atoms with Crippen molar-refractivity contribution >= 4 is 11.5 Å². The number of alkyl halides is 1. The molecular formula is C21H23FN6. The van der Waals surface area contributed by atoms with Gasteiger partial charge in [0.2, 0.25) is 0 Å². The van der Waals surface area contributed by atoms with Crippen LogP contribution in [0.15, 0.2) is 30.3 Å². The zero-order valence-electron chi connectivity index (χ0n) is 16.4. The molecule has 3 aromatic rings. The second-order valence-electron chi connectivity index (χ2n) is 7.43. The molecule has 1 aliphatic rings. The minimum Gasteiger partial charge on any atom is -0.354 e. The third-order valence-electron chi connectivity index (χ3n) is 5.54. The van der Waals surface area contributed by atoms with E-state index in [2.05, 4.69) is 40.0 Å². The van der Waals surface area contributed by atoms with Gasteiger partial charge in [0, 0.05) is 24.7 Å². The average Bonchev–Trinajstić information content (AvgIpc) is 3.35. The van der Waals surface area contributed by atoms with E-state index in [1.165, 1.54) is 0 Å². The number of anilines is 1. The lowest BCUT2D eigenvalue weighted by molar-refractivity contribution is 0.315. The summed E-state index contributed by atoms with van der Waals surface area (Å²) in [6, 6.07) is 12.7. The zero-order chi connectivity index (χ0) is 19.8. The van der Waals surface area contributed by atoms with Crippen molar-refractivity contribution in [1.82, 2.24) is 19.5 Å². The van der Waals surface area contributed by atoms with E-state index in [4.69, 9.17) is 0 Å².